The van der Waals surface area contributed by atoms with Crippen LogP contribution in [0.15, 0.2) is 0 Å². The lowest BCUT2D eigenvalue weighted by molar-refractivity contribution is 0.235. The molecule has 0 nitrogen and oxygen atoms in total. The molecule has 2 unspecified atom stereocenters. The SMILES string of the molecule is CCC1CCCC(CC2CCC(C)CC2)CC1. The maximum Gasteiger partial charge on any atom is -0.0411 e. The minimum atomic E-state index is 1.02. The van der Waals surface area contributed by atoms with Gasteiger partial charge in [0.2, 0.25) is 0 Å². The van der Waals surface area contributed by atoms with Crippen molar-refractivity contribution < 1.29 is 0 Å². The molecule has 2 aliphatic rings. The first-order chi connectivity index (χ1) is 8.28. The second-order valence-corrected chi connectivity index (χ2v) is 7.01. The van der Waals surface area contributed by atoms with Crippen molar-refractivity contribution in [3.63, 3.8) is 0 Å². The summed E-state index contributed by atoms with van der Waals surface area (Å²) in [5.74, 6) is 4.26. The molecule has 0 heteroatoms. The molecule has 0 aromatic rings. The maximum atomic E-state index is 2.44. The molecule has 2 aliphatic carbocycles. The highest BCUT2D eigenvalue weighted by Gasteiger charge is 2.23. The van der Waals surface area contributed by atoms with E-state index in [-0.39, 0.29) is 0 Å². The average molecular weight is 236 g/mol. The van der Waals surface area contributed by atoms with Gasteiger partial charge in [-0.1, -0.05) is 78.1 Å². The van der Waals surface area contributed by atoms with Crippen LogP contribution in [0.1, 0.15) is 84.5 Å². The summed E-state index contributed by atoms with van der Waals surface area (Å²) in [6, 6.07) is 0. The smallest absolute Gasteiger partial charge is 0.0411 e. The third-order valence-electron chi connectivity index (χ3n) is 5.59. The van der Waals surface area contributed by atoms with Gasteiger partial charge in [-0.05, 0) is 30.1 Å². The topological polar surface area (TPSA) is 0 Å². The molecule has 0 bridgehead atoms. The molecular formula is C17H32. The lowest BCUT2D eigenvalue weighted by Crippen LogP contribution is -2.16. The maximum absolute atomic E-state index is 2.44. The van der Waals surface area contributed by atoms with Crippen LogP contribution in [0.2, 0.25) is 0 Å². The van der Waals surface area contributed by atoms with Gasteiger partial charge in [0.25, 0.3) is 0 Å². The fourth-order valence-corrected chi connectivity index (χ4v) is 4.14. The molecule has 0 saturated heterocycles. The largest absolute Gasteiger partial charge is 0.0651 e. The Kier molecular flexibility index (Phi) is 5.38. The fraction of sp³-hybridized carbons (Fsp3) is 1.00. The summed E-state index contributed by atoms with van der Waals surface area (Å²) in [4.78, 5) is 0. The monoisotopic (exact) mass is 236 g/mol. The van der Waals surface area contributed by atoms with Crippen LogP contribution in [0.4, 0.5) is 0 Å². The van der Waals surface area contributed by atoms with E-state index in [0.29, 0.717) is 0 Å². The summed E-state index contributed by atoms with van der Waals surface area (Å²) in [6.45, 7) is 4.82. The second kappa shape index (κ2) is 6.81. The highest BCUT2D eigenvalue weighted by molar-refractivity contribution is 4.76. The molecule has 2 rings (SSSR count). The van der Waals surface area contributed by atoms with Crippen molar-refractivity contribution >= 4 is 0 Å². The van der Waals surface area contributed by atoms with Gasteiger partial charge in [-0.2, -0.15) is 0 Å². The summed E-state index contributed by atoms with van der Waals surface area (Å²) in [5.41, 5.74) is 0. The van der Waals surface area contributed by atoms with E-state index in [2.05, 4.69) is 13.8 Å². The number of rotatable bonds is 3. The van der Waals surface area contributed by atoms with Gasteiger partial charge >= 0.3 is 0 Å². The first-order valence-electron chi connectivity index (χ1n) is 8.28. The highest BCUT2D eigenvalue weighted by Crippen LogP contribution is 2.37. The van der Waals surface area contributed by atoms with E-state index in [4.69, 9.17) is 0 Å². The van der Waals surface area contributed by atoms with Crippen LogP contribution in [0, 0.1) is 23.7 Å². The van der Waals surface area contributed by atoms with Gasteiger partial charge in [0.1, 0.15) is 0 Å². The summed E-state index contributed by atoms with van der Waals surface area (Å²) in [7, 11) is 0. The first kappa shape index (κ1) is 13.4. The van der Waals surface area contributed by atoms with Crippen LogP contribution in [0.5, 0.6) is 0 Å². The Morgan fingerprint density at radius 2 is 1.24 bits per heavy atom. The van der Waals surface area contributed by atoms with Gasteiger partial charge < -0.3 is 0 Å². The molecule has 0 amide bonds. The molecule has 0 radical (unpaired) electrons. The van der Waals surface area contributed by atoms with Gasteiger partial charge in [-0.3, -0.25) is 0 Å². The van der Waals surface area contributed by atoms with E-state index in [1.807, 2.05) is 0 Å². The van der Waals surface area contributed by atoms with Crippen LogP contribution < -0.4 is 0 Å². The molecule has 2 atom stereocenters. The lowest BCUT2D eigenvalue weighted by atomic mass is 9.77. The Hall–Kier alpha value is 0. The van der Waals surface area contributed by atoms with Crippen LogP contribution in [-0.4, -0.2) is 0 Å². The van der Waals surface area contributed by atoms with Gasteiger partial charge in [0.05, 0.1) is 0 Å². The third-order valence-corrected chi connectivity index (χ3v) is 5.59. The molecule has 17 heavy (non-hydrogen) atoms. The molecule has 0 N–H and O–H groups in total. The molecule has 0 spiro atoms. The van der Waals surface area contributed by atoms with Gasteiger partial charge in [-0.25, -0.2) is 0 Å². The minimum Gasteiger partial charge on any atom is -0.0651 e. The average Bonchev–Trinajstić information content (AvgIpc) is 2.57. The van der Waals surface area contributed by atoms with Crippen LogP contribution in [0.25, 0.3) is 0 Å². The second-order valence-electron chi connectivity index (χ2n) is 7.01. The Labute approximate surface area is 109 Å². The van der Waals surface area contributed by atoms with Gasteiger partial charge in [0.15, 0.2) is 0 Å². The normalized spacial score (nSPS) is 39.9. The summed E-state index contributed by atoms with van der Waals surface area (Å²) >= 11 is 0. The minimum absolute atomic E-state index is 1.02. The zero-order chi connectivity index (χ0) is 12.1. The molecule has 0 aromatic heterocycles. The van der Waals surface area contributed by atoms with E-state index in [1.54, 1.807) is 19.3 Å². The van der Waals surface area contributed by atoms with E-state index >= 15 is 0 Å². The predicted molar refractivity (Wildman–Crippen MR) is 76.1 cm³/mol. The van der Waals surface area contributed by atoms with Crippen molar-refractivity contribution in [2.45, 2.75) is 84.5 Å². The van der Waals surface area contributed by atoms with E-state index in [1.165, 1.54) is 51.4 Å². The fourth-order valence-electron chi connectivity index (χ4n) is 4.14. The van der Waals surface area contributed by atoms with Gasteiger partial charge in [-0.15, -0.1) is 0 Å². The lowest BCUT2D eigenvalue weighted by Gasteiger charge is -2.29. The van der Waals surface area contributed by atoms with Crippen molar-refractivity contribution in [1.29, 1.82) is 0 Å². The molecule has 0 aliphatic heterocycles. The van der Waals surface area contributed by atoms with Crippen molar-refractivity contribution in [3.8, 4) is 0 Å². The molecule has 0 heterocycles. The summed E-state index contributed by atoms with van der Waals surface area (Å²) in [6.07, 6.45) is 16.8. The number of hydrogen-bond acceptors (Lipinski definition) is 0. The van der Waals surface area contributed by atoms with Gasteiger partial charge in [0, 0.05) is 0 Å². The van der Waals surface area contributed by atoms with E-state index in [0.717, 1.165) is 23.7 Å². The Morgan fingerprint density at radius 3 is 1.94 bits per heavy atom. The first-order valence-corrected chi connectivity index (χ1v) is 8.28. The Bertz CT molecular complexity index is 200. The quantitative estimate of drug-likeness (QED) is 0.542. The van der Waals surface area contributed by atoms with Crippen molar-refractivity contribution in [3.05, 3.63) is 0 Å². The summed E-state index contributed by atoms with van der Waals surface area (Å²) in [5, 5.41) is 0. The number of hydrogen-bond donors (Lipinski definition) is 0. The molecule has 100 valence electrons. The van der Waals surface area contributed by atoms with Crippen LogP contribution in [-0.2, 0) is 0 Å². The standard InChI is InChI=1S/C17H32/c1-3-15-5-4-6-16(12-11-15)13-17-9-7-14(2)8-10-17/h14-17H,3-13H2,1-2H3. The molecule has 2 saturated carbocycles. The van der Waals surface area contributed by atoms with Crippen LogP contribution in [0.3, 0.4) is 0 Å². The zero-order valence-corrected chi connectivity index (χ0v) is 12.1. The third kappa shape index (κ3) is 4.30. The van der Waals surface area contributed by atoms with E-state index in [9.17, 15) is 0 Å². The Balaban J connectivity index is 1.71. The zero-order valence-electron chi connectivity index (χ0n) is 12.1. The van der Waals surface area contributed by atoms with Crippen molar-refractivity contribution in [2.24, 2.45) is 23.7 Å². The molecule has 2 fully saturated rings. The Morgan fingerprint density at radius 1 is 0.706 bits per heavy atom. The molecular weight excluding hydrogens is 204 g/mol. The van der Waals surface area contributed by atoms with E-state index < -0.39 is 0 Å². The van der Waals surface area contributed by atoms with Crippen molar-refractivity contribution in [2.75, 3.05) is 0 Å². The highest BCUT2D eigenvalue weighted by atomic mass is 14.3. The summed E-state index contributed by atoms with van der Waals surface area (Å²) < 4.78 is 0. The predicted octanol–water partition coefficient (Wildman–Crippen LogP) is 5.81. The molecule has 0 aromatic carbocycles. The van der Waals surface area contributed by atoms with Crippen LogP contribution >= 0.6 is 0 Å². The van der Waals surface area contributed by atoms with Crippen molar-refractivity contribution in [1.82, 2.24) is 0 Å².